The summed E-state index contributed by atoms with van der Waals surface area (Å²) in [4.78, 5) is 0. The van der Waals surface area contributed by atoms with Crippen LogP contribution in [0, 0.1) is 0 Å². The van der Waals surface area contributed by atoms with Crippen LogP contribution in [0.2, 0.25) is 0 Å². The van der Waals surface area contributed by atoms with Gasteiger partial charge in [-0.15, -0.1) is 0 Å². The van der Waals surface area contributed by atoms with Crippen LogP contribution in [-0.4, -0.2) is 45.4 Å². The summed E-state index contributed by atoms with van der Waals surface area (Å²) < 4.78 is 6.20. The predicted octanol–water partition coefficient (Wildman–Crippen LogP) is -1.71. The van der Waals surface area contributed by atoms with Gasteiger partial charge >= 0.3 is 0 Å². The Morgan fingerprint density at radius 3 is 2.08 bits per heavy atom. The van der Waals surface area contributed by atoms with Crippen molar-refractivity contribution in [3.8, 4) is 0 Å². The van der Waals surface area contributed by atoms with Gasteiger partial charge in [0.15, 0.2) is 0 Å². The van der Waals surface area contributed by atoms with E-state index in [1.807, 2.05) is 13.0 Å². The molecule has 1 atom stereocenters. The zero-order valence-electron chi connectivity index (χ0n) is 8.67. The fourth-order valence-corrected chi connectivity index (χ4v) is 0.968. The number of halogens is 1. The van der Waals surface area contributed by atoms with Gasteiger partial charge in [-0.1, -0.05) is 12.2 Å². The molecule has 2 nitrogen and oxygen atoms in total. The number of rotatable bonds is 4. The molecule has 0 fully saturated rings. The molecule has 0 aliphatic heterocycles. The quantitative estimate of drug-likeness (QED) is 0.382. The number of hydrogen-bond donors (Lipinski definition) is 0. The maximum absolute atomic E-state index is 5.26. The number of nitrogens with zero attached hydrogens (tertiary/aromatic N) is 1. The van der Waals surface area contributed by atoms with E-state index in [1.54, 1.807) is 7.11 Å². The Balaban J connectivity index is 0. The van der Waals surface area contributed by atoms with Gasteiger partial charge in [-0.2, -0.15) is 0 Å². The van der Waals surface area contributed by atoms with Gasteiger partial charge in [-0.25, -0.2) is 0 Å². The summed E-state index contributed by atoms with van der Waals surface area (Å²) >= 11 is 0. The molecule has 74 valence electrons. The zero-order chi connectivity index (χ0) is 8.91. The van der Waals surface area contributed by atoms with Crippen LogP contribution in [0.5, 0.6) is 0 Å². The third kappa shape index (κ3) is 8.05. The van der Waals surface area contributed by atoms with Crippen molar-refractivity contribution in [2.24, 2.45) is 0 Å². The highest BCUT2D eigenvalue weighted by atomic mass is 35.5. The van der Waals surface area contributed by atoms with E-state index in [0.29, 0.717) is 0 Å². The summed E-state index contributed by atoms with van der Waals surface area (Å²) in [6.07, 6.45) is 4.37. The Morgan fingerprint density at radius 2 is 1.83 bits per heavy atom. The molecule has 0 saturated carbocycles. The highest BCUT2D eigenvalue weighted by Crippen LogP contribution is 1.99. The van der Waals surface area contributed by atoms with E-state index in [0.717, 1.165) is 11.0 Å². The highest BCUT2D eigenvalue weighted by Gasteiger charge is 2.13. The van der Waals surface area contributed by atoms with Gasteiger partial charge in [0.25, 0.3) is 0 Å². The van der Waals surface area contributed by atoms with E-state index in [-0.39, 0.29) is 18.5 Å². The Kier molecular flexibility index (Phi) is 7.80. The minimum absolute atomic E-state index is 0. The molecule has 0 aliphatic rings. The molecule has 12 heavy (non-hydrogen) atoms. The van der Waals surface area contributed by atoms with E-state index in [9.17, 15) is 0 Å². The van der Waals surface area contributed by atoms with E-state index in [4.69, 9.17) is 4.74 Å². The molecule has 0 radical (unpaired) electrons. The number of quaternary nitrogens is 1. The second-order valence-corrected chi connectivity index (χ2v) is 3.77. The topological polar surface area (TPSA) is 9.23 Å². The van der Waals surface area contributed by atoms with Crippen molar-refractivity contribution in [2.75, 3.05) is 34.8 Å². The van der Waals surface area contributed by atoms with Crippen LogP contribution in [0.25, 0.3) is 0 Å². The lowest BCUT2D eigenvalue weighted by atomic mass is 10.3. The van der Waals surface area contributed by atoms with Gasteiger partial charge in [-0.05, 0) is 6.92 Å². The summed E-state index contributed by atoms with van der Waals surface area (Å²) in [6.45, 7) is 3.03. The number of ether oxygens (including phenoxy) is 1. The fourth-order valence-electron chi connectivity index (χ4n) is 0.968. The molecule has 0 rings (SSSR count). The zero-order valence-corrected chi connectivity index (χ0v) is 9.43. The Hall–Kier alpha value is -0.0500. The van der Waals surface area contributed by atoms with Gasteiger partial charge < -0.3 is 21.6 Å². The molecular formula is C9H20ClNO. The van der Waals surface area contributed by atoms with Crippen LogP contribution < -0.4 is 12.4 Å². The standard InChI is InChI=1S/C9H20NO.ClH/c1-6-7-9(11-5)8-10(2,3)4;/h6-7,9H,8H2,1-5H3;1H/q+1;/p-1. The van der Waals surface area contributed by atoms with Gasteiger partial charge in [0.1, 0.15) is 12.6 Å². The molecule has 0 aromatic heterocycles. The largest absolute Gasteiger partial charge is 1.00 e. The van der Waals surface area contributed by atoms with E-state index in [2.05, 4.69) is 27.2 Å². The van der Waals surface area contributed by atoms with Crippen molar-refractivity contribution in [3.05, 3.63) is 12.2 Å². The van der Waals surface area contributed by atoms with Gasteiger partial charge in [0, 0.05) is 7.11 Å². The molecule has 0 bridgehead atoms. The van der Waals surface area contributed by atoms with Gasteiger partial charge in [0.2, 0.25) is 0 Å². The third-order valence-electron chi connectivity index (χ3n) is 1.44. The van der Waals surface area contributed by atoms with Crippen molar-refractivity contribution in [1.82, 2.24) is 0 Å². The summed E-state index contributed by atoms with van der Waals surface area (Å²) in [5, 5.41) is 0. The lowest BCUT2D eigenvalue weighted by Gasteiger charge is -2.27. The molecule has 0 aromatic carbocycles. The van der Waals surface area contributed by atoms with Crippen molar-refractivity contribution >= 4 is 0 Å². The van der Waals surface area contributed by atoms with E-state index in [1.165, 1.54) is 0 Å². The number of hydrogen-bond acceptors (Lipinski definition) is 1. The fraction of sp³-hybridized carbons (Fsp3) is 0.778. The second kappa shape index (κ2) is 6.46. The predicted molar refractivity (Wildman–Crippen MR) is 48.5 cm³/mol. The lowest BCUT2D eigenvalue weighted by molar-refractivity contribution is -0.872. The summed E-state index contributed by atoms with van der Waals surface area (Å²) in [5.41, 5.74) is 0. The Labute approximate surface area is 82.2 Å². The van der Waals surface area contributed by atoms with Crippen LogP contribution in [0.4, 0.5) is 0 Å². The first-order valence-electron chi connectivity index (χ1n) is 3.95. The molecule has 0 amide bonds. The minimum Gasteiger partial charge on any atom is -1.00 e. The van der Waals surface area contributed by atoms with Gasteiger partial charge in [-0.3, -0.25) is 0 Å². The number of methoxy groups -OCH3 is 1. The number of allylic oxidation sites excluding steroid dienone is 1. The van der Waals surface area contributed by atoms with Crippen molar-refractivity contribution < 1.29 is 21.6 Å². The minimum atomic E-state index is 0. The number of likely N-dealkylation sites (N-methyl/N-ethyl adjacent to an activating group) is 1. The van der Waals surface area contributed by atoms with E-state index < -0.39 is 0 Å². The molecule has 0 aliphatic carbocycles. The maximum atomic E-state index is 5.26. The smallest absolute Gasteiger partial charge is 0.124 e. The molecule has 0 spiro atoms. The molecule has 0 aromatic rings. The van der Waals surface area contributed by atoms with Crippen molar-refractivity contribution in [1.29, 1.82) is 0 Å². The monoisotopic (exact) mass is 193 g/mol. The van der Waals surface area contributed by atoms with Crippen molar-refractivity contribution in [2.45, 2.75) is 13.0 Å². The molecule has 0 heterocycles. The van der Waals surface area contributed by atoms with Crippen LogP contribution in [-0.2, 0) is 4.74 Å². The van der Waals surface area contributed by atoms with Crippen LogP contribution in [0.15, 0.2) is 12.2 Å². The first-order chi connectivity index (χ1) is 4.99. The first kappa shape index (κ1) is 14.5. The molecular weight excluding hydrogens is 174 g/mol. The summed E-state index contributed by atoms with van der Waals surface area (Å²) in [7, 11) is 8.24. The molecule has 3 heteroatoms. The Bertz CT molecular complexity index is 129. The average molecular weight is 194 g/mol. The van der Waals surface area contributed by atoms with Crippen LogP contribution >= 0.6 is 0 Å². The van der Waals surface area contributed by atoms with Crippen LogP contribution in [0.1, 0.15) is 6.92 Å². The molecule has 0 saturated heterocycles. The SMILES string of the molecule is CC=CC(C[N+](C)(C)C)OC.[Cl-]. The molecule has 0 N–H and O–H groups in total. The average Bonchev–Trinajstić information content (AvgIpc) is 1.84. The normalized spacial score (nSPS) is 14.4. The Morgan fingerprint density at radius 1 is 1.33 bits per heavy atom. The van der Waals surface area contributed by atoms with E-state index >= 15 is 0 Å². The lowest BCUT2D eigenvalue weighted by Crippen LogP contribution is -3.00. The van der Waals surface area contributed by atoms with Gasteiger partial charge in [0.05, 0.1) is 21.1 Å². The first-order valence-corrected chi connectivity index (χ1v) is 3.95. The third-order valence-corrected chi connectivity index (χ3v) is 1.44. The maximum Gasteiger partial charge on any atom is 0.124 e. The summed E-state index contributed by atoms with van der Waals surface area (Å²) in [6, 6.07) is 0. The van der Waals surface area contributed by atoms with Crippen LogP contribution in [0.3, 0.4) is 0 Å². The second-order valence-electron chi connectivity index (χ2n) is 3.77. The summed E-state index contributed by atoms with van der Waals surface area (Å²) in [5.74, 6) is 0. The van der Waals surface area contributed by atoms with Crippen molar-refractivity contribution in [3.63, 3.8) is 0 Å². The molecule has 1 unspecified atom stereocenters. The highest BCUT2D eigenvalue weighted by molar-refractivity contribution is 4.86.